The summed E-state index contributed by atoms with van der Waals surface area (Å²) in [6.07, 6.45) is 6.47. The molecule has 0 aromatic rings. The highest BCUT2D eigenvalue weighted by Gasteiger charge is 2.58. The predicted molar refractivity (Wildman–Crippen MR) is 67.6 cm³/mol. The number of rotatable bonds is 0. The lowest BCUT2D eigenvalue weighted by atomic mass is 9.50. The Morgan fingerprint density at radius 1 is 1.33 bits per heavy atom. The Hall–Kier alpha value is -0.830. The Morgan fingerprint density at radius 2 is 2.06 bits per heavy atom. The van der Waals surface area contributed by atoms with Crippen molar-refractivity contribution in [3.63, 3.8) is 0 Å². The maximum absolute atomic E-state index is 11.4. The maximum atomic E-state index is 11.4. The summed E-state index contributed by atoms with van der Waals surface area (Å²) in [4.78, 5) is 11.4. The predicted octanol–water partition coefficient (Wildman–Crippen LogP) is 2.78. The van der Waals surface area contributed by atoms with Crippen molar-refractivity contribution in [2.24, 2.45) is 16.7 Å². The van der Waals surface area contributed by atoms with Gasteiger partial charge in [-0.3, -0.25) is 0 Å². The van der Waals surface area contributed by atoms with Gasteiger partial charge in [-0.1, -0.05) is 27.2 Å². The van der Waals surface area contributed by atoms with Gasteiger partial charge in [0.15, 0.2) is 0 Å². The first-order valence-electron chi connectivity index (χ1n) is 6.92. The second-order valence-electron chi connectivity index (χ2n) is 7.30. The molecule has 100 valence electrons. The van der Waals surface area contributed by atoms with Crippen LogP contribution in [0.25, 0.3) is 0 Å². The van der Waals surface area contributed by atoms with Gasteiger partial charge in [-0.05, 0) is 36.0 Å². The summed E-state index contributed by atoms with van der Waals surface area (Å²) in [7, 11) is 0. The quantitative estimate of drug-likeness (QED) is 0.672. The zero-order chi connectivity index (χ0) is 13.2. The Kier molecular flexibility index (Phi) is 2.30. The van der Waals surface area contributed by atoms with Crippen LogP contribution in [-0.2, 0) is 9.53 Å². The molecule has 3 atom stereocenters. The monoisotopic (exact) mass is 250 g/mol. The Balaban J connectivity index is 2.00. The van der Waals surface area contributed by atoms with Crippen LogP contribution < -0.4 is 0 Å². The molecule has 1 N–H and O–H groups in total. The fourth-order valence-corrected chi connectivity index (χ4v) is 4.56. The molecule has 0 aromatic carbocycles. The molecule has 0 bridgehead atoms. The second-order valence-corrected chi connectivity index (χ2v) is 7.30. The van der Waals surface area contributed by atoms with Gasteiger partial charge in [-0.25, -0.2) is 4.79 Å². The van der Waals surface area contributed by atoms with E-state index in [4.69, 9.17) is 4.74 Å². The average Bonchev–Trinajstić information content (AvgIpc) is 2.49. The largest absolute Gasteiger partial charge is 0.426 e. The molecule has 0 spiro atoms. The lowest BCUT2D eigenvalue weighted by Gasteiger charge is -2.56. The number of hydrogen-bond acceptors (Lipinski definition) is 3. The van der Waals surface area contributed by atoms with E-state index in [0.29, 0.717) is 12.3 Å². The van der Waals surface area contributed by atoms with E-state index in [9.17, 15) is 9.90 Å². The number of hydrogen-bond donors (Lipinski definition) is 1. The van der Waals surface area contributed by atoms with Crippen molar-refractivity contribution < 1.29 is 14.6 Å². The molecular weight excluding hydrogens is 228 g/mol. The highest BCUT2D eigenvalue weighted by molar-refractivity contribution is 5.86. The van der Waals surface area contributed by atoms with E-state index < -0.39 is 5.79 Å². The van der Waals surface area contributed by atoms with Gasteiger partial charge < -0.3 is 9.84 Å². The number of carbonyl (C=O) groups is 1. The zero-order valence-corrected chi connectivity index (χ0v) is 11.5. The average molecular weight is 250 g/mol. The third-order valence-electron chi connectivity index (χ3n) is 5.49. The standard InChI is InChI=1S/C15H22O3/c1-13(2)5-4-6-14(3)8-10-7-12(16)18-15(10,17)9-11(13)14/h7,11,17H,4-6,8-9H2,1-3H3. The van der Waals surface area contributed by atoms with Crippen LogP contribution in [0, 0.1) is 16.7 Å². The molecule has 0 aromatic heterocycles. The normalized spacial score (nSPS) is 45.9. The van der Waals surface area contributed by atoms with E-state index >= 15 is 0 Å². The molecule has 2 aliphatic carbocycles. The Bertz CT molecular complexity index is 437. The maximum Gasteiger partial charge on any atom is 0.333 e. The fraction of sp³-hybridized carbons (Fsp3) is 0.800. The SMILES string of the molecule is CC1(C)CCCC2(C)CC3=CC(=O)OC3(O)CC12. The highest BCUT2D eigenvalue weighted by Crippen LogP contribution is 2.61. The minimum atomic E-state index is -1.31. The summed E-state index contributed by atoms with van der Waals surface area (Å²) in [6, 6.07) is 0. The lowest BCUT2D eigenvalue weighted by Crippen LogP contribution is -2.52. The first kappa shape index (κ1) is 12.2. The molecule has 3 nitrogen and oxygen atoms in total. The van der Waals surface area contributed by atoms with Crippen LogP contribution >= 0.6 is 0 Å². The third-order valence-corrected chi connectivity index (χ3v) is 5.49. The van der Waals surface area contributed by atoms with Crippen LogP contribution in [0.1, 0.15) is 52.9 Å². The second kappa shape index (κ2) is 3.38. The van der Waals surface area contributed by atoms with Crippen LogP contribution in [0.4, 0.5) is 0 Å². The van der Waals surface area contributed by atoms with Crippen LogP contribution in [-0.4, -0.2) is 16.9 Å². The van der Waals surface area contributed by atoms with E-state index in [1.165, 1.54) is 25.3 Å². The van der Waals surface area contributed by atoms with Crippen molar-refractivity contribution in [1.29, 1.82) is 0 Å². The molecule has 2 fully saturated rings. The van der Waals surface area contributed by atoms with Crippen molar-refractivity contribution in [2.75, 3.05) is 0 Å². The van der Waals surface area contributed by atoms with Crippen molar-refractivity contribution in [3.8, 4) is 0 Å². The van der Waals surface area contributed by atoms with E-state index in [1.54, 1.807) is 0 Å². The number of ether oxygens (including phenoxy) is 1. The molecule has 0 amide bonds. The molecule has 0 radical (unpaired) electrons. The van der Waals surface area contributed by atoms with E-state index in [1.807, 2.05) is 0 Å². The third kappa shape index (κ3) is 1.56. The van der Waals surface area contributed by atoms with Gasteiger partial charge in [0.2, 0.25) is 5.79 Å². The summed E-state index contributed by atoms with van der Waals surface area (Å²) < 4.78 is 5.16. The molecule has 18 heavy (non-hydrogen) atoms. The first-order valence-corrected chi connectivity index (χ1v) is 6.92. The molecule has 3 aliphatic rings. The van der Waals surface area contributed by atoms with Gasteiger partial charge in [0.25, 0.3) is 0 Å². The summed E-state index contributed by atoms with van der Waals surface area (Å²) >= 11 is 0. The van der Waals surface area contributed by atoms with Crippen LogP contribution in [0.15, 0.2) is 11.6 Å². The van der Waals surface area contributed by atoms with E-state index in [-0.39, 0.29) is 16.8 Å². The van der Waals surface area contributed by atoms with Crippen molar-refractivity contribution in [3.05, 3.63) is 11.6 Å². The Labute approximate surface area is 108 Å². The molecule has 1 aliphatic heterocycles. The molecule has 3 unspecified atom stereocenters. The van der Waals surface area contributed by atoms with Gasteiger partial charge in [-0.2, -0.15) is 0 Å². The summed E-state index contributed by atoms with van der Waals surface area (Å²) in [5.74, 6) is -1.28. The molecular formula is C15H22O3. The minimum absolute atomic E-state index is 0.202. The molecule has 0 saturated heterocycles. The van der Waals surface area contributed by atoms with Crippen molar-refractivity contribution in [1.82, 2.24) is 0 Å². The lowest BCUT2D eigenvalue weighted by molar-refractivity contribution is -0.211. The molecule has 1 heterocycles. The van der Waals surface area contributed by atoms with Gasteiger partial charge in [-0.15, -0.1) is 0 Å². The van der Waals surface area contributed by atoms with E-state index in [2.05, 4.69) is 20.8 Å². The highest BCUT2D eigenvalue weighted by atomic mass is 16.7. The van der Waals surface area contributed by atoms with Crippen molar-refractivity contribution in [2.45, 2.75) is 58.7 Å². The minimum Gasteiger partial charge on any atom is -0.426 e. The number of aliphatic hydroxyl groups is 1. The van der Waals surface area contributed by atoms with Gasteiger partial charge in [0.05, 0.1) is 0 Å². The first-order chi connectivity index (χ1) is 8.25. The van der Waals surface area contributed by atoms with Crippen molar-refractivity contribution >= 4 is 5.97 Å². The molecule has 2 saturated carbocycles. The zero-order valence-electron chi connectivity index (χ0n) is 11.5. The number of carbonyl (C=O) groups excluding carboxylic acids is 1. The molecule has 3 heteroatoms. The van der Waals surface area contributed by atoms with Gasteiger partial charge in [0, 0.05) is 18.1 Å². The Morgan fingerprint density at radius 3 is 2.78 bits per heavy atom. The smallest absolute Gasteiger partial charge is 0.333 e. The van der Waals surface area contributed by atoms with Crippen LogP contribution in [0.5, 0.6) is 0 Å². The van der Waals surface area contributed by atoms with Crippen LogP contribution in [0.2, 0.25) is 0 Å². The van der Waals surface area contributed by atoms with Gasteiger partial charge in [0.1, 0.15) is 0 Å². The van der Waals surface area contributed by atoms with E-state index in [0.717, 1.165) is 12.0 Å². The van der Waals surface area contributed by atoms with Gasteiger partial charge >= 0.3 is 5.97 Å². The number of esters is 1. The summed E-state index contributed by atoms with van der Waals surface area (Å²) in [6.45, 7) is 6.87. The molecule has 3 rings (SSSR count). The number of fused-ring (bicyclic) bond motifs is 2. The topological polar surface area (TPSA) is 46.5 Å². The summed E-state index contributed by atoms with van der Waals surface area (Å²) in [5, 5.41) is 10.6. The summed E-state index contributed by atoms with van der Waals surface area (Å²) in [5.41, 5.74) is 1.21. The fourth-order valence-electron chi connectivity index (χ4n) is 4.56. The van der Waals surface area contributed by atoms with Crippen LogP contribution in [0.3, 0.4) is 0 Å².